The van der Waals surface area contributed by atoms with Crippen LogP contribution < -0.4 is 10.2 Å². The van der Waals surface area contributed by atoms with Crippen LogP contribution in [-0.4, -0.2) is 57.9 Å². The van der Waals surface area contributed by atoms with Crippen molar-refractivity contribution in [1.29, 1.82) is 0 Å². The smallest absolute Gasteiger partial charge is 0.269 e. The summed E-state index contributed by atoms with van der Waals surface area (Å²) in [6, 6.07) is 14.5. The normalized spacial score (nSPS) is 13.8. The number of hydrogen-bond donors (Lipinski definition) is 1. The molecule has 32 heavy (non-hydrogen) atoms. The molecule has 11 heteroatoms. The van der Waals surface area contributed by atoms with Crippen LogP contribution in [0, 0.1) is 17.0 Å². The van der Waals surface area contributed by atoms with Gasteiger partial charge in [0.2, 0.25) is 11.0 Å². The first-order valence-electron chi connectivity index (χ1n) is 10.0. The molecule has 0 bridgehead atoms. The van der Waals surface area contributed by atoms with Gasteiger partial charge in [-0.25, -0.2) is 0 Å². The maximum absolute atomic E-state index is 12.6. The molecule has 1 fully saturated rings. The Morgan fingerprint density at radius 1 is 1.16 bits per heavy atom. The Bertz CT molecular complexity index is 1100. The highest BCUT2D eigenvalue weighted by Crippen LogP contribution is 2.28. The number of benzene rings is 2. The lowest BCUT2D eigenvalue weighted by atomic mass is 10.2. The van der Waals surface area contributed by atoms with Crippen molar-refractivity contribution in [2.45, 2.75) is 11.3 Å². The largest absolute Gasteiger partial charge is 0.368 e. The van der Waals surface area contributed by atoms with Crippen molar-refractivity contribution in [2.75, 3.05) is 42.1 Å². The number of carbonyl (C=O) groups is 1. The predicted octanol–water partition coefficient (Wildman–Crippen LogP) is 3.94. The molecule has 1 aliphatic rings. The fourth-order valence-corrected chi connectivity index (χ4v) is 5.05. The first kappa shape index (κ1) is 22.0. The summed E-state index contributed by atoms with van der Waals surface area (Å²) in [6.45, 7) is 4.65. The Balaban J connectivity index is 1.24. The van der Waals surface area contributed by atoms with E-state index >= 15 is 0 Å². The molecule has 1 aromatic heterocycles. The number of nitro benzene ring substituents is 1. The van der Waals surface area contributed by atoms with Crippen LogP contribution in [0.3, 0.4) is 0 Å². The number of aryl methyl sites for hydroxylation is 1. The van der Waals surface area contributed by atoms with Gasteiger partial charge in [-0.1, -0.05) is 35.2 Å². The molecule has 4 rings (SSSR count). The van der Waals surface area contributed by atoms with Crippen molar-refractivity contribution in [3.05, 3.63) is 64.2 Å². The number of rotatable bonds is 7. The lowest BCUT2D eigenvalue weighted by molar-refractivity contribution is -0.384. The molecule has 0 saturated carbocycles. The molecular weight excluding hydrogens is 448 g/mol. The van der Waals surface area contributed by atoms with E-state index in [0.717, 1.165) is 21.3 Å². The highest BCUT2D eigenvalue weighted by Gasteiger charge is 2.22. The summed E-state index contributed by atoms with van der Waals surface area (Å²) in [5.74, 6) is 0.387. The fraction of sp³-hybridized carbons (Fsp3) is 0.286. The number of aromatic nitrogens is 2. The van der Waals surface area contributed by atoms with Gasteiger partial charge in [0.15, 0.2) is 4.34 Å². The van der Waals surface area contributed by atoms with E-state index in [2.05, 4.69) is 20.4 Å². The number of anilines is 3. The number of carbonyl (C=O) groups excluding carboxylic acids is 1. The molecule has 0 aliphatic carbocycles. The maximum atomic E-state index is 12.6. The predicted molar refractivity (Wildman–Crippen MR) is 127 cm³/mol. The molecule has 3 aromatic rings. The third-order valence-corrected chi connectivity index (χ3v) is 7.01. The van der Waals surface area contributed by atoms with Crippen LogP contribution >= 0.6 is 23.1 Å². The van der Waals surface area contributed by atoms with Crippen LogP contribution in [0.2, 0.25) is 0 Å². The van der Waals surface area contributed by atoms with Crippen molar-refractivity contribution in [2.24, 2.45) is 0 Å². The van der Waals surface area contributed by atoms with Gasteiger partial charge >= 0.3 is 0 Å². The molecule has 0 spiro atoms. The van der Waals surface area contributed by atoms with Gasteiger partial charge in [0.1, 0.15) is 0 Å². The third kappa shape index (κ3) is 5.54. The van der Waals surface area contributed by atoms with Gasteiger partial charge in [0, 0.05) is 49.7 Å². The zero-order valence-electron chi connectivity index (χ0n) is 17.4. The minimum atomic E-state index is -0.405. The van der Waals surface area contributed by atoms with Crippen molar-refractivity contribution in [3.8, 4) is 0 Å². The molecule has 1 aliphatic heterocycles. The Hall–Kier alpha value is -3.18. The van der Waals surface area contributed by atoms with Gasteiger partial charge in [-0.15, -0.1) is 10.2 Å². The first-order chi connectivity index (χ1) is 15.5. The van der Waals surface area contributed by atoms with Gasteiger partial charge in [0.25, 0.3) is 5.69 Å². The van der Waals surface area contributed by atoms with Crippen LogP contribution in [-0.2, 0) is 4.79 Å². The second-order valence-electron chi connectivity index (χ2n) is 7.30. The molecular formula is C21H22N6O3S2. The van der Waals surface area contributed by atoms with Gasteiger partial charge in [-0.3, -0.25) is 14.9 Å². The van der Waals surface area contributed by atoms with Crippen molar-refractivity contribution in [1.82, 2.24) is 15.1 Å². The van der Waals surface area contributed by atoms with Crippen molar-refractivity contribution in [3.63, 3.8) is 0 Å². The molecule has 2 aromatic carbocycles. The maximum Gasteiger partial charge on any atom is 0.269 e. The van der Waals surface area contributed by atoms with E-state index in [9.17, 15) is 14.9 Å². The van der Waals surface area contributed by atoms with Gasteiger partial charge in [0.05, 0.1) is 10.7 Å². The van der Waals surface area contributed by atoms with E-state index in [1.165, 1.54) is 35.2 Å². The van der Waals surface area contributed by atoms with Crippen LogP contribution in [0.1, 0.15) is 5.56 Å². The van der Waals surface area contributed by atoms with Crippen LogP contribution in [0.15, 0.2) is 52.9 Å². The Morgan fingerprint density at radius 2 is 1.91 bits per heavy atom. The minimum absolute atomic E-state index is 0.0711. The quantitative estimate of drug-likeness (QED) is 0.315. The number of nitrogens with zero attached hydrogens (tertiary/aromatic N) is 5. The Morgan fingerprint density at radius 3 is 2.59 bits per heavy atom. The topological polar surface area (TPSA) is 104 Å². The fourth-order valence-electron chi connectivity index (χ4n) is 3.38. The Labute approximate surface area is 193 Å². The van der Waals surface area contributed by atoms with Gasteiger partial charge < -0.3 is 15.1 Å². The number of non-ortho nitro benzene ring substituents is 1. The second kappa shape index (κ2) is 9.96. The average Bonchev–Trinajstić information content (AvgIpc) is 3.25. The number of nitrogens with one attached hydrogen (secondary N) is 1. The summed E-state index contributed by atoms with van der Waals surface area (Å²) in [6.07, 6.45) is 0. The molecule has 2 heterocycles. The van der Waals surface area contributed by atoms with E-state index in [-0.39, 0.29) is 11.6 Å². The molecule has 0 atom stereocenters. The second-order valence-corrected chi connectivity index (χ2v) is 9.50. The lowest BCUT2D eigenvalue weighted by Gasteiger charge is -2.36. The zero-order chi connectivity index (χ0) is 22.5. The molecule has 1 N–H and O–H groups in total. The first-order valence-corrected chi connectivity index (χ1v) is 11.9. The van der Waals surface area contributed by atoms with E-state index in [0.29, 0.717) is 37.1 Å². The minimum Gasteiger partial charge on any atom is -0.368 e. The number of piperazine rings is 1. The summed E-state index contributed by atoms with van der Waals surface area (Å²) >= 11 is 2.82. The number of hydrogen-bond acceptors (Lipinski definition) is 9. The third-order valence-electron chi connectivity index (χ3n) is 5.05. The molecule has 1 saturated heterocycles. The van der Waals surface area contributed by atoms with Gasteiger partial charge in [-0.05, 0) is 36.8 Å². The molecule has 1 amide bonds. The summed E-state index contributed by atoms with van der Waals surface area (Å²) in [5.41, 5.74) is 3.13. The SMILES string of the molecule is Cc1cccc(Nc2nnc(SCC(=O)N3CCN(c4ccc([N+](=O)[O-])cc4)CC3)s2)c1. The van der Waals surface area contributed by atoms with Crippen LogP contribution in [0.4, 0.5) is 22.2 Å². The highest BCUT2D eigenvalue weighted by molar-refractivity contribution is 8.01. The lowest BCUT2D eigenvalue weighted by Crippen LogP contribution is -2.49. The Kier molecular flexibility index (Phi) is 6.86. The van der Waals surface area contributed by atoms with E-state index < -0.39 is 4.92 Å². The number of nitro groups is 1. The average molecular weight is 471 g/mol. The van der Waals surface area contributed by atoms with E-state index in [1.54, 1.807) is 12.1 Å². The van der Waals surface area contributed by atoms with Crippen molar-refractivity contribution >= 4 is 51.2 Å². The van der Waals surface area contributed by atoms with E-state index in [4.69, 9.17) is 0 Å². The summed E-state index contributed by atoms with van der Waals surface area (Å²) in [5, 5.41) is 23.1. The summed E-state index contributed by atoms with van der Waals surface area (Å²) in [7, 11) is 0. The number of thioether (sulfide) groups is 1. The summed E-state index contributed by atoms with van der Waals surface area (Å²) < 4.78 is 0.748. The molecule has 166 valence electrons. The summed E-state index contributed by atoms with van der Waals surface area (Å²) in [4.78, 5) is 27.0. The zero-order valence-corrected chi connectivity index (χ0v) is 19.1. The molecule has 0 unspecified atom stereocenters. The highest BCUT2D eigenvalue weighted by atomic mass is 32.2. The molecule has 0 radical (unpaired) electrons. The van der Waals surface area contributed by atoms with Crippen molar-refractivity contribution < 1.29 is 9.72 Å². The molecule has 9 nitrogen and oxygen atoms in total. The standard InChI is InChI=1S/C21H22N6O3S2/c1-15-3-2-4-16(13-15)22-20-23-24-21(32-20)31-14-19(28)26-11-9-25(10-12-26)17-5-7-18(8-6-17)27(29)30/h2-8,13H,9-12,14H2,1H3,(H,22,23). The number of amides is 1. The van der Waals surface area contributed by atoms with E-state index in [1.807, 2.05) is 36.1 Å². The monoisotopic (exact) mass is 470 g/mol. The van der Waals surface area contributed by atoms with Crippen LogP contribution in [0.25, 0.3) is 0 Å². The van der Waals surface area contributed by atoms with Gasteiger partial charge in [-0.2, -0.15) is 0 Å². The van der Waals surface area contributed by atoms with Crippen LogP contribution in [0.5, 0.6) is 0 Å².